The third kappa shape index (κ3) is 4.41. The monoisotopic (exact) mass is 391 g/mol. The number of aliphatic hydroxyl groups is 1. The van der Waals surface area contributed by atoms with Crippen LogP contribution in [0.5, 0.6) is 11.5 Å². The molecule has 3 rings (SSSR count). The van der Waals surface area contributed by atoms with Gasteiger partial charge in [-0.3, -0.25) is 4.79 Å². The molecule has 3 aromatic carbocycles. The first-order valence-corrected chi connectivity index (χ1v) is 9.42. The van der Waals surface area contributed by atoms with E-state index in [2.05, 4.69) is 5.32 Å². The minimum absolute atomic E-state index is 0.371. The van der Waals surface area contributed by atoms with Crippen molar-refractivity contribution in [1.82, 2.24) is 5.32 Å². The van der Waals surface area contributed by atoms with E-state index in [-0.39, 0.29) is 0 Å². The number of rotatable bonds is 8. The average molecular weight is 391 g/mol. The quantitative estimate of drug-likeness (QED) is 0.618. The number of carbonyl (C=O) groups excluding carboxylic acids is 1. The van der Waals surface area contributed by atoms with Crippen LogP contribution in [0.1, 0.15) is 16.7 Å². The van der Waals surface area contributed by atoms with Gasteiger partial charge in [-0.1, -0.05) is 66.7 Å². The van der Waals surface area contributed by atoms with Crippen molar-refractivity contribution in [2.75, 3.05) is 20.8 Å². The topological polar surface area (TPSA) is 67.8 Å². The highest BCUT2D eigenvalue weighted by Gasteiger charge is 2.39. The molecule has 0 unspecified atom stereocenters. The molecule has 0 aromatic heterocycles. The Bertz CT molecular complexity index is 902. The Morgan fingerprint density at radius 1 is 0.862 bits per heavy atom. The Morgan fingerprint density at radius 2 is 1.41 bits per heavy atom. The van der Waals surface area contributed by atoms with Crippen molar-refractivity contribution in [3.8, 4) is 11.5 Å². The van der Waals surface area contributed by atoms with Crippen LogP contribution in [0.15, 0.2) is 78.9 Å². The van der Waals surface area contributed by atoms with E-state index in [1.54, 1.807) is 62.8 Å². The van der Waals surface area contributed by atoms with Crippen LogP contribution < -0.4 is 14.8 Å². The predicted molar refractivity (Wildman–Crippen MR) is 112 cm³/mol. The van der Waals surface area contributed by atoms with Crippen molar-refractivity contribution in [3.63, 3.8) is 0 Å². The van der Waals surface area contributed by atoms with Crippen molar-refractivity contribution in [2.45, 2.75) is 12.0 Å². The number of amides is 1. The van der Waals surface area contributed by atoms with Crippen molar-refractivity contribution in [3.05, 3.63) is 95.6 Å². The van der Waals surface area contributed by atoms with Crippen LogP contribution in [-0.2, 0) is 16.8 Å². The molecule has 0 saturated carbocycles. The van der Waals surface area contributed by atoms with Crippen LogP contribution in [-0.4, -0.2) is 31.8 Å². The van der Waals surface area contributed by atoms with Gasteiger partial charge in [-0.05, 0) is 35.2 Å². The summed E-state index contributed by atoms with van der Waals surface area (Å²) in [6.45, 7) is 0.371. The Hall–Kier alpha value is -3.31. The summed E-state index contributed by atoms with van der Waals surface area (Å²) in [4.78, 5) is 13.1. The molecular formula is C24H25NO4. The first kappa shape index (κ1) is 20.4. The summed E-state index contributed by atoms with van der Waals surface area (Å²) >= 11 is 0. The van der Waals surface area contributed by atoms with E-state index in [0.29, 0.717) is 35.6 Å². The number of ether oxygens (including phenoxy) is 2. The second-order valence-corrected chi connectivity index (χ2v) is 6.64. The zero-order valence-corrected chi connectivity index (χ0v) is 16.6. The molecule has 0 fully saturated rings. The lowest BCUT2D eigenvalue weighted by atomic mass is 9.85. The largest absolute Gasteiger partial charge is 0.493 e. The molecular weight excluding hydrogens is 366 g/mol. The molecule has 0 spiro atoms. The maximum atomic E-state index is 13.1. The van der Waals surface area contributed by atoms with Gasteiger partial charge in [0.15, 0.2) is 17.1 Å². The van der Waals surface area contributed by atoms with E-state index in [0.717, 1.165) is 5.56 Å². The van der Waals surface area contributed by atoms with E-state index < -0.39 is 11.5 Å². The molecule has 0 bridgehead atoms. The smallest absolute Gasteiger partial charge is 0.261 e. The minimum atomic E-state index is -1.76. The second kappa shape index (κ2) is 9.26. The van der Waals surface area contributed by atoms with Gasteiger partial charge in [-0.2, -0.15) is 0 Å². The van der Waals surface area contributed by atoms with Crippen LogP contribution in [0.2, 0.25) is 0 Å². The lowest BCUT2D eigenvalue weighted by Gasteiger charge is -2.28. The fourth-order valence-electron chi connectivity index (χ4n) is 3.27. The standard InChI is InChI=1S/C24H25NO4/c1-28-21-14-13-18(17-22(21)29-2)15-16-25-23(26)24(27,19-9-5-3-6-10-19)20-11-7-4-8-12-20/h3-14,17,27H,15-16H2,1-2H3,(H,25,26). The molecule has 3 aromatic rings. The normalized spacial score (nSPS) is 11.0. The summed E-state index contributed by atoms with van der Waals surface area (Å²) in [6.07, 6.45) is 0.589. The van der Waals surface area contributed by atoms with Crippen LogP contribution in [0.3, 0.4) is 0 Å². The van der Waals surface area contributed by atoms with Gasteiger partial charge in [0.25, 0.3) is 5.91 Å². The molecule has 0 radical (unpaired) electrons. The Balaban J connectivity index is 1.76. The SMILES string of the molecule is COc1ccc(CCNC(=O)C(O)(c2ccccc2)c2ccccc2)cc1OC. The third-order valence-corrected chi connectivity index (χ3v) is 4.86. The summed E-state index contributed by atoms with van der Waals surface area (Å²) in [5, 5.41) is 14.3. The van der Waals surface area contributed by atoms with Crippen LogP contribution in [0.4, 0.5) is 0 Å². The van der Waals surface area contributed by atoms with Crippen molar-refractivity contribution in [1.29, 1.82) is 0 Å². The average Bonchev–Trinajstić information content (AvgIpc) is 2.79. The second-order valence-electron chi connectivity index (χ2n) is 6.64. The van der Waals surface area contributed by atoms with Gasteiger partial charge in [0.05, 0.1) is 14.2 Å². The number of carbonyl (C=O) groups is 1. The zero-order valence-electron chi connectivity index (χ0n) is 16.6. The molecule has 0 atom stereocenters. The van der Waals surface area contributed by atoms with E-state index in [9.17, 15) is 9.90 Å². The lowest BCUT2D eigenvalue weighted by Crippen LogP contribution is -2.46. The molecule has 1 amide bonds. The number of benzene rings is 3. The maximum Gasteiger partial charge on any atom is 0.261 e. The third-order valence-electron chi connectivity index (χ3n) is 4.86. The molecule has 29 heavy (non-hydrogen) atoms. The molecule has 150 valence electrons. The van der Waals surface area contributed by atoms with E-state index in [4.69, 9.17) is 9.47 Å². The number of hydrogen-bond acceptors (Lipinski definition) is 4. The van der Waals surface area contributed by atoms with Gasteiger partial charge in [-0.15, -0.1) is 0 Å². The van der Waals surface area contributed by atoms with Crippen LogP contribution in [0, 0.1) is 0 Å². The number of nitrogens with one attached hydrogen (secondary N) is 1. The fourth-order valence-corrected chi connectivity index (χ4v) is 3.27. The molecule has 0 aliphatic carbocycles. The Kier molecular flexibility index (Phi) is 6.52. The summed E-state index contributed by atoms with van der Waals surface area (Å²) in [6, 6.07) is 23.6. The predicted octanol–water partition coefficient (Wildman–Crippen LogP) is 3.30. The van der Waals surface area contributed by atoms with Gasteiger partial charge in [0, 0.05) is 6.54 Å². The van der Waals surface area contributed by atoms with Gasteiger partial charge < -0.3 is 19.9 Å². The summed E-state index contributed by atoms with van der Waals surface area (Å²) in [5.74, 6) is 0.833. The summed E-state index contributed by atoms with van der Waals surface area (Å²) in [5.41, 5.74) is 0.274. The molecule has 5 heteroatoms. The molecule has 0 saturated heterocycles. The molecule has 0 aliphatic heterocycles. The van der Waals surface area contributed by atoms with Crippen molar-refractivity contribution < 1.29 is 19.4 Å². The molecule has 0 aliphatic rings. The molecule has 2 N–H and O–H groups in total. The highest BCUT2D eigenvalue weighted by atomic mass is 16.5. The highest BCUT2D eigenvalue weighted by Crippen LogP contribution is 2.30. The van der Waals surface area contributed by atoms with Gasteiger partial charge in [0.1, 0.15) is 0 Å². The highest BCUT2D eigenvalue weighted by molar-refractivity contribution is 5.90. The van der Waals surface area contributed by atoms with Crippen molar-refractivity contribution >= 4 is 5.91 Å². The molecule has 5 nitrogen and oxygen atoms in total. The van der Waals surface area contributed by atoms with Gasteiger partial charge >= 0.3 is 0 Å². The summed E-state index contributed by atoms with van der Waals surface area (Å²) in [7, 11) is 3.18. The van der Waals surface area contributed by atoms with E-state index in [1.807, 2.05) is 30.3 Å². The lowest BCUT2D eigenvalue weighted by molar-refractivity contribution is -0.136. The number of methoxy groups -OCH3 is 2. The number of hydrogen-bond donors (Lipinski definition) is 2. The minimum Gasteiger partial charge on any atom is -0.493 e. The van der Waals surface area contributed by atoms with E-state index in [1.165, 1.54) is 0 Å². The van der Waals surface area contributed by atoms with Crippen molar-refractivity contribution in [2.24, 2.45) is 0 Å². The van der Waals surface area contributed by atoms with Gasteiger partial charge in [-0.25, -0.2) is 0 Å². The van der Waals surface area contributed by atoms with E-state index >= 15 is 0 Å². The molecule has 0 heterocycles. The van der Waals surface area contributed by atoms with Crippen LogP contribution >= 0.6 is 0 Å². The van der Waals surface area contributed by atoms with Gasteiger partial charge in [0.2, 0.25) is 0 Å². The first-order chi connectivity index (χ1) is 14.1. The Labute approximate surface area is 170 Å². The van der Waals surface area contributed by atoms with Crippen LogP contribution in [0.25, 0.3) is 0 Å². The Morgan fingerprint density at radius 3 is 1.93 bits per heavy atom. The zero-order chi connectivity index (χ0) is 20.7. The summed E-state index contributed by atoms with van der Waals surface area (Å²) < 4.78 is 10.6. The first-order valence-electron chi connectivity index (χ1n) is 9.42. The maximum absolute atomic E-state index is 13.1. The fraction of sp³-hybridized carbons (Fsp3) is 0.208.